The fraction of sp³-hybridized carbons (Fsp3) is 0.111. The van der Waals surface area contributed by atoms with Crippen molar-refractivity contribution in [3.63, 3.8) is 0 Å². The van der Waals surface area contributed by atoms with Gasteiger partial charge in [0.2, 0.25) is 0 Å². The molecule has 2 rings (SSSR count). The topological polar surface area (TPSA) is 85.9 Å². The maximum Gasteiger partial charge on any atom is 0.178 e. The Hall–Kier alpha value is -1.12. The fourth-order valence-electron chi connectivity index (χ4n) is 1.24. The lowest BCUT2D eigenvalue weighted by molar-refractivity contribution is 0.602. The molecule has 17 heavy (non-hydrogen) atoms. The summed E-state index contributed by atoms with van der Waals surface area (Å²) in [6, 6.07) is 4.92. The van der Waals surface area contributed by atoms with Crippen molar-refractivity contribution in [2.45, 2.75) is 14.1 Å². The van der Waals surface area contributed by atoms with Gasteiger partial charge in [0.05, 0.1) is 10.6 Å². The number of benzene rings is 1. The molecular formula is C9H9N3O2S3. The second kappa shape index (κ2) is 4.63. The van der Waals surface area contributed by atoms with E-state index in [1.54, 1.807) is 17.6 Å². The molecule has 0 spiro atoms. The molecule has 0 fully saturated rings. The molecule has 0 aliphatic heterocycles. The third kappa shape index (κ3) is 2.76. The largest absolute Gasteiger partial charge is 0.397 e. The number of hydrogen-bond acceptors (Lipinski definition) is 7. The van der Waals surface area contributed by atoms with Crippen LogP contribution in [0.3, 0.4) is 0 Å². The summed E-state index contributed by atoms with van der Waals surface area (Å²) in [6.07, 6.45) is 1.14. The van der Waals surface area contributed by atoms with Crippen molar-refractivity contribution in [1.82, 2.24) is 10.2 Å². The summed E-state index contributed by atoms with van der Waals surface area (Å²) in [5, 5.41) is 7.58. The molecule has 1 aromatic heterocycles. The first-order chi connectivity index (χ1) is 7.98. The SMILES string of the molecule is CS(=O)(=O)c1cccc(Sc2nncs2)c1N. The zero-order chi connectivity index (χ0) is 12.5. The molecule has 8 heteroatoms. The van der Waals surface area contributed by atoms with E-state index in [-0.39, 0.29) is 10.6 Å². The fourth-order valence-corrected chi connectivity index (χ4v) is 3.65. The number of anilines is 1. The number of nitrogens with zero attached hydrogens (tertiary/aromatic N) is 2. The van der Waals surface area contributed by atoms with Gasteiger partial charge in [0, 0.05) is 11.2 Å². The van der Waals surface area contributed by atoms with Crippen molar-refractivity contribution in [2.24, 2.45) is 0 Å². The summed E-state index contributed by atoms with van der Waals surface area (Å²) in [6.45, 7) is 0. The number of hydrogen-bond donors (Lipinski definition) is 1. The molecule has 90 valence electrons. The Kier molecular flexibility index (Phi) is 3.36. The van der Waals surface area contributed by atoms with Crippen molar-refractivity contribution in [2.75, 3.05) is 12.0 Å². The normalized spacial score (nSPS) is 11.6. The first kappa shape index (κ1) is 12.3. The second-order valence-electron chi connectivity index (χ2n) is 3.25. The summed E-state index contributed by atoms with van der Waals surface area (Å²) in [5.41, 5.74) is 7.71. The maximum atomic E-state index is 11.5. The van der Waals surface area contributed by atoms with E-state index in [1.165, 1.54) is 29.2 Å². The Morgan fingerprint density at radius 2 is 2.18 bits per heavy atom. The first-order valence-electron chi connectivity index (χ1n) is 4.51. The van der Waals surface area contributed by atoms with E-state index in [2.05, 4.69) is 10.2 Å². The van der Waals surface area contributed by atoms with Crippen LogP contribution >= 0.6 is 23.1 Å². The molecule has 0 amide bonds. The molecule has 1 heterocycles. The summed E-state index contributed by atoms with van der Waals surface area (Å²) in [5.74, 6) is 0. The molecule has 0 saturated carbocycles. The Morgan fingerprint density at radius 3 is 2.76 bits per heavy atom. The van der Waals surface area contributed by atoms with Gasteiger partial charge < -0.3 is 5.73 Å². The lowest BCUT2D eigenvalue weighted by Gasteiger charge is -2.07. The van der Waals surface area contributed by atoms with Crippen LogP contribution in [0, 0.1) is 0 Å². The van der Waals surface area contributed by atoms with Gasteiger partial charge in [-0.1, -0.05) is 29.2 Å². The summed E-state index contributed by atoms with van der Waals surface area (Å²) >= 11 is 2.68. The quantitative estimate of drug-likeness (QED) is 0.864. The van der Waals surface area contributed by atoms with E-state index in [0.717, 1.165) is 10.6 Å². The van der Waals surface area contributed by atoms with Crippen molar-refractivity contribution in [1.29, 1.82) is 0 Å². The van der Waals surface area contributed by atoms with Gasteiger partial charge in [-0.2, -0.15) is 0 Å². The monoisotopic (exact) mass is 287 g/mol. The van der Waals surface area contributed by atoms with Crippen molar-refractivity contribution >= 4 is 38.6 Å². The first-order valence-corrected chi connectivity index (χ1v) is 8.10. The average Bonchev–Trinajstić information content (AvgIpc) is 2.72. The minimum absolute atomic E-state index is 0.145. The molecular weight excluding hydrogens is 278 g/mol. The van der Waals surface area contributed by atoms with E-state index >= 15 is 0 Å². The van der Waals surface area contributed by atoms with Gasteiger partial charge in [-0.25, -0.2) is 8.42 Å². The van der Waals surface area contributed by atoms with Gasteiger partial charge in [0.1, 0.15) is 5.51 Å². The predicted molar refractivity (Wildman–Crippen MR) is 68.0 cm³/mol. The molecule has 1 aromatic carbocycles. The van der Waals surface area contributed by atoms with Crippen molar-refractivity contribution in [3.8, 4) is 0 Å². The number of nitrogen functional groups attached to an aromatic ring is 1. The van der Waals surface area contributed by atoms with Crippen LogP contribution in [-0.4, -0.2) is 24.9 Å². The number of nitrogens with two attached hydrogens (primary N) is 1. The Labute approximate surface area is 107 Å². The minimum Gasteiger partial charge on any atom is -0.397 e. The lowest BCUT2D eigenvalue weighted by atomic mass is 10.3. The molecule has 2 N–H and O–H groups in total. The van der Waals surface area contributed by atoms with Crippen LogP contribution in [0.5, 0.6) is 0 Å². The van der Waals surface area contributed by atoms with E-state index in [9.17, 15) is 8.42 Å². The standard InChI is InChI=1S/C9H9N3O2S3/c1-17(13,14)7-4-2-3-6(8(7)10)16-9-12-11-5-15-9/h2-5H,10H2,1H3. The van der Waals surface area contributed by atoms with Gasteiger partial charge >= 0.3 is 0 Å². The molecule has 0 atom stereocenters. The van der Waals surface area contributed by atoms with Crippen molar-refractivity contribution < 1.29 is 8.42 Å². The van der Waals surface area contributed by atoms with Crippen LogP contribution in [0.1, 0.15) is 0 Å². The molecule has 0 bridgehead atoms. The molecule has 2 aromatic rings. The Balaban J connectivity index is 2.43. The predicted octanol–water partition coefficient (Wildman–Crippen LogP) is 1.68. The summed E-state index contributed by atoms with van der Waals surface area (Å²) in [7, 11) is -3.31. The highest BCUT2D eigenvalue weighted by molar-refractivity contribution is 8.01. The molecule has 0 aliphatic rings. The zero-order valence-electron chi connectivity index (χ0n) is 8.82. The van der Waals surface area contributed by atoms with Crippen LogP contribution in [-0.2, 0) is 9.84 Å². The Bertz CT molecular complexity index is 623. The number of aromatic nitrogens is 2. The third-order valence-corrected chi connectivity index (χ3v) is 4.97. The number of sulfone groups is 1. The van der Waals surface area contributed by atoms with Crippen LogP contribution in [0.2, 0.25) is 0 Å². The van der Waals surface area contributed by atoms with Gasteiger partial charge in [-0.15, -0.1) is 10.2 Å². The van der Waals surface area contributed by atoms with Crippen LogP contribution < -0.4 is 5.73 Å². The van der Waals surface area contributed by atoms with E-state index in [1.807, 2.05) is 0 Å². The number of para-hydroxylation sites is 1. The van der Waals surface area contributed by atoms with E-state index in [4.69, 9.17) is 5.73 Å². The third-order valence-electron chi connectivity index (χ3n) is 1.96. The maximum absolute atomic E-state index is 11.5. The minimum atomic E-state index is -3.31. The van der Waals surface area contributed by atoms with E-state index in [0.29, 0.717) is 4.90 Å². The molecule has 0 aliphatic carbocycles. The van der Waals surface area contributed by atoms with Crippen LogP contribution in [0.15, 0.2) is 37.8 Å². The smallest absolute Gasteiger partial charge is 0.178 e. The summed E-state index contributed by atoms with van der Waals surface area (Å²) < 4.78 is 23.7. The lowest BCUT2D eigenvalue weighted by Crippen LogP contribution is -2.03. The highest BCUT2D eigenvalue weighted by atomic mass is 32.2. The van der Waals surface area contributed by atoms with E-state index < -0.39 is 9.84 Å². The highest BCUT2D eigenvalue weighted by Gasteiger charge is 2.15. The molecule has 0 unspecified atom stereocenters. The zero-order valence-corrected chi connectivity index (χ0v) is 11.3. The van der Waals surface area contributed by atoms with Gasteiger partial charge in [-0.3, -0.25) is 0 Å². The van der Waals surface area contributed by atoms with Crippen LogP contribution in [0.25, 0.3) is 0 Å². The van der Waals surface area contributed by atoms with Gasteiger partial charge in [0.25, 0.3) is 0 Å². The molecule has 0 radical (unpaired) electrons. The van der Waals surface area contributed by atoms with Crippen molar-refractivity contribution in [3.05, 3.63) is 23.7 Å². The molecule has 5 nitrogen and oxygen atoms in total. The number of rotatable bonds is 3. The van der Waals surface area contributed by atoms with Gasteiger partial charge in [-0.05, 0) is 12.1 Å². The highest BCUT2D eigenvalue weighted by Crippen LogP contribution is 2.35. The average molecular weight is 287 g/mol. The summed E-state index contributed by atoms with van der Waals surface area (Å²) in [4.78, 5) is 0.816. The van der Waals surface area contributed by atoms with Gasteiger partial charge in [0.15, 0.2) is 14.2 Å². The Morgan fingerprint density at radius 1 is 1.41 bits per heavy atom. The van der Waals surface area contributed by atoms with Crippen LogP contribution in [0.4, 0.5) is 5.69 Å². The second-order valence-corrected chi connectivity index (χ2v) is 7.35. The molecule has 0 saturated heterocycles.